The summed E-state index contributed by atoms with van der Waals surface area (Å²) in [7, 11) is 0. The average Bonchev–Trinajstić information content (AvgIpc) is 3.11. The van der Waals surface area contributed by atoms with Gasteiger partial charge < -0.3 is 64.4 Å². The number of aliphatic carboxylic acids is 6. The van der Waals surface area contributed by atoms with Crippen molar-refractivity contribution in [1.82, 2.24) is 0 Å². The third-order valence-electron chi connectivity index (χ3n) is 7.40. The molecule has 2 aromatic rings. The Bertz CT molecular complexity index is 1340. The second-order valence-corrected chi connectivity index (χ2v) is 11.8. The number of nitrogens with two attached hydrogens (primary N) is 5. The number of carboxylic acid groups (broad SMARTS) is 6. The van der Waals surface area contributed by atoms with Crippen LogP contribution >= 0.6 is 0 Å². The summed E-state index contributed by atoms with van der Waals surface area (Å²) in [5.41, 5.74) is 28.0. The van der Waals surface area contributed by atoms with Crippen LogP contribution in [0.3, 0.4) is 0 Å². The van der Waals surface area contributed by atoms with Crippen molar-refractivity contribution in [3.05, 3.63) is 65.7 Å². The van der Waals surface area contributed by atoms with E-state index in [9.17, 15) is 28.8 Å². The van der Waals surface area contributed by atoms with Crippen molar-refractivity contribution in [1.29, 1.82) is 0 Å². The van der Waals surface area contributed by atoms with Gasteiger partial charge in [-0.1, -0.05) is 83.0 Å². The standard InChI is InChI=1S/C9H11NO3.C9H11NO2.2C6H13NO2.C5H9NO4/c10-8(9(12)13)5-6-1-3-7(11)4-2-6;10-8(9(11)12)6-7-4-2-1-3-5-7;2*1-3-4(2)5(7)6(8)9;6-3(5(9)10)1-2-4(7)8/h1-4,8,11H,5,10H2,(H,12,13);1-5,8H,6,10H2,(H,11,12);2*4-5H,3,7H2,1-2H3,(H,8,9);3H,1-2,6H2,(H,7,8)(H,9,10). The fourth-order valence-electron chi connectivity index (χ4n) is 3.33. The van der Waals surface area contributed by atoms with Gasteiger partial charge in [0.15, 0.2) is 0 Å². The van der Waals surface area contributed by atoms with E-state index in [0.29, 0.717) is 6.42 Å². The van der Waals surface area contributed by atoms with Crippen LogP contribution in [0, 0.1) is 11.8 Å². The van der Waals surface area contributed by atoms with Crippen LogP contribution < -0.4 is 28.7 Å². The lowest BCUT2D eigenvalue weighted by molar-refractivity contribution is -0.141. The van der Waals surface area contributed by atoms with Gasteiger partial charge >= 0.3 is 35.8 Å². The first-order valence-corrected chi connectivity index (χ1v) is 16.5. The lowest BCUT2D eigenvalue weighted by atomic mass is 10.0. The summed E-state index contributed by atoms with van der Waals surface area (Å²) >= 11 is 0. The number of benzene rings is 2. The SMILES string of the molecule is CCC(C)C(N)C(=O)O.CCC(C)C(N)C(=O)O.NC(CCC(=O)O)C(=O)O.NC(Cc1ccc(O)cc1)C(=O)O.NC(Cc1ccccc1)C(=O)O. The first-order valence-electron chi connectivity index (χ1n) is 16.5. The number of aromatic hydroxyl groups is 1. The summed E-state index contributed by atoms with van der Waals surface area (Å²) in [5.74, 6) is -5.70. The van der Waals surface area contributed by atoms with E-state index in [2.05, 4.69) is 0 Å². The van der Waals surface area contributed by atoms with Gasteiger partial charge in [0.05, 0.1) is 0 Å². The van der Waals surface area contributed by atoms with Crippen LogP contribution in [0.4, 0.5) is 0 Å². The van der Waals surface area contributed by atoms with Gasteiger partial charge in [0.2, 0.25) is 0 Å². The van der Waals surface area contributed by atoms with E-state index in [0.717, 1.165) is 24.0 Å². The fourth-order valence-corrected chi connectivity index (χ4v) is 3.33. The molecule has 0 spiro atoms. The zero-order chi connectivity index (χ0) is 41.8. The van der Waals surface area contributed by atoms with Crippen molar-refractivity contribution >= 4 is 35.8 Å². The summed E-state index contributed by atoms with van der Waals surface area (Å²) in [4.78, 5) is 61.0. The second-order valence-electron chi connectivity index (χ2n) is 11.8. The van der Waals surface area contributed by atoms with E-state index in [1.165, 1.54) is 12.1 Å². The van der Waals surface area contributed by atoms with Gasteiger partial charge in [0.1, 0.15) is 36.0 Å². The van der Waals surface area contributed by atoms with Crippen molar-refractivity contribution in [2.75, 3.05) is 0 Å². The molecule has 0 saturated heterocycles. The quantitative estimate of drug-likeness (QED) is 0.114. The highest BCUT2D eigenvalue weighted by atomic mass is 16.4. The van der Waals surface area contributed by atoms with Crippen LogP contribution in [-0.2, 0) is 41.6 Å². The molecule has 0 fully saturated rings. The van der Waals surface area contributed by atoms with Crippen LogP contribution in [0.25, 0.3) is 0 Å². The highest BCUT2D eigenvalue weighted by molar-refractivity contribution is 5.75. The Morgan fingerprint density at radius 1 is 0.528 bits per heavy atom. The first-order chi connectivity index (χ1) is 24.5. The minimum absolute atomic E-state index is 0.0231. The van der Waals surface area contributed by atoms with Crippen LogP contribution in [0.1, 0.15) is 64.5 Å². The Labute approximate surface area is 308 Å². The van der Waals surface area contributed by atoms with Crippen molar-refractivity contribution in [3.63, 3.8) is 0 Å². The van der Waals surface area contributed by atoms with E-state index >= 15 is 0 Å². The topological polar surface area (TPSA) is 374 Å². The Kier molecular flexibility index (Phi) is 29.0. The third kappa shape index (κ3) is 28.2. The summed E-state index contributed by atoms with van der Waals surface area (Å²) in [6, 6.07) is 11.5. The van der Waals surface area contributed by atoms with E-state index in [1.54, 1.807) is 12.1 Å². The Balaban J connectivity index is -0.000000595. The second kappa shape index (κ2) is 29.4. The summed E-state index contributed by atoms with van der Waals surface area (Å²) in [5, 5.41) is 59.0. The molecule has 0 aromatic heterocycles. The summed E-state index contributed by atoms with van der Waals surface area (Å²) in [6.45, 7) is 7.51. The fraction of sp³-hybridized carbons (Fsp3) is 0.486. The molecule has 2 rings (SSSR count). The molecule has 300 valence electrons. The van der Waals surface area contributed by atoms with Crippen molar-refractivity contribution in [2.45, 2.75) is 96.4 Å². The van der Waals surface area contributed by atoms with Crippen LogP contribution in [0.5, 0.6) is 5.75 Å². The minimum Gasteiger partial charge on any atom is -0.508 e. The van der Waals surface area contributed by atoms with E-state index in [4.69, 9.17) is 64.4 Å². The molecule has 53 heavy (non-hydrogen) atoms. The maximum absolute atomic E-state index is 10.4. The number of carboxylic acids is 6. The summed E-state index contributed by atoms with van der Waals surface area (Å²) < 4.78 is 0. The Hall–Kier alpha value is -5.14. The Morgan fingerprint density at radius 3 is 1.13 bits per heavy atom. The molecule has 18 heteroatoms. The largest absolute Gasteiger partial charge is 0.508 e. The Morgan fingerprint density at radius 2 is 0.868 bits per heavy atom. The highest BCUT2D eigenvalue weighted by Crippen LogP contribution is 2.11. The number of phenolic OH excluding ortho intramolecular Hbond substituents is 1. The number of rotatable bonds is 16. The molecule has 17 N–H and O–H groups in total. The van der Waals surface area contributed by atoms with Crippen molar-refractivity contribution in [3.8, 4) is 5.75 Å². The molecule has 0 amide bonds. The van der Waals surface area contributed by atoms with Crippen LogP contribution in [0.2, 0.25) is 0 Å². The number of phenols is 1. The third-order valence-corrected chi connectivity index (χ3v) is 7.40. The lowest BCUT2D eigenvalue weighted by Gasteiger charge is -2.11. The highest BCUT2D eigenvalue weighted by Gasteiger charge is 2.18. The molecule has 7 unspecified atom stereocenters. The molecular formula is C35H57N5O13. The van der Waals surface area contributed by atoms with Gasteiger partial charge in [-0.05, 0) is 54.4 Å². The number of hydrogen-bond donors (Lipinski definition) is 12. The molecule has 0 heterocycles. The average molecular weight is 756 g/mol. The normalized spacial score (nSPS) is 13.9. The molecule has 2 aromatic carbocycles. The lowest BCUT2D eigenvalue weighted by Crippen LogP contribution is -2.36. The number of carbonyl (C=O) groups is 6. The van der Waals surface area contributed by atoms with Gasteiger partial charge in [-0.15, -0.1) is 0 Å². The molecule has 0 aliphatic rings. The maximum Gasteiger partial charge on any atom is 0.320 e. The monoisotopic (exact) mass is 755 g/mol. The molecule has 7 atom stereocenters. The van der Waals surface area contributed by atoms with Gasteiger partial charge in [-0.2, -0.15) is 0 Å². The van der Waals surface area contributed by atoms with Gasteiger partial charge in [-0.25, -0.2) is 0 Å². The zero-order valence-corrected chi connectivity index (χ0v) is 30.4. The van der Waals surface area contributed by atoms with Crippen LogP contribution in [-0.4, -0.2) is 102 Å². The van der Waals surface area contributed by atoms with Gasteiger partial charge in [-0.3, -0.25) is 28.8 Å². The number of hydrogen-bond acceptors (Lipinski definition) is 12. The van der Waals surface area contributed by atoms with E-state index < -0.39 is 66.0 Å². The van der Waals surface area contributed by atoms with Gasteiger partial charge in [0, 0.05) is 6.42 Å². The molecule has 0 aliphatic carbocycles. The molecular weight excluding hydrogens is 698 g/mol. The van der Waals surface area contributed by atoms with Crippen LogP contribution in [0.15, 0.2) is 54.6 Å². The molecule has 0 saturated carbocycles. The summed E-state index contributed by atoms with van der Waals surface area (Å²) in [6.07, 6.45) is 2.06. The first kappa shape index (κ1) is 52.2. The van der Waals surface area contributed by atoms with E-state index in [-0.39, 0.29) is 36.8 Å². The molecule has 0 aliphatic heterocycles. The molecule has 0 radical (unpaired) electrons. The van der Waals surface area contributed by atoms with Crippen molar-refractivity contribution < 1.29 is 64.5 Å². The predicted molar refractivity (Wildman–Crippen MR) is 196 cm³/mol. The minimum atomic E-state index is -1.17. The smallest absolute Gasteiger partial charge is 0.320 e. The maximum atomic E-state index is 10.4. The zero-order valence-electron chi connectivity index (χ0n) is 30.4. The van der Waals surface area contributed by atoms with Gasteiger partial charge in [0.25, 0.3) is 0 Å². The predicted octanol–water partition coefficient (Wildman–Crippen LogP) is 1.14. The molecule has 18 nitrogen and oxygen atoms in total. The van der Waals surface area contributed by atoms with E-state index in [1.807, 2.05) is 58.0 Å². The van der Waals surface area contributed by atoms with Crippen molar-refractivity contribution in [2.24, 2.45) is 40.5 Å². The molecule has 0 bridgehead atoms.